The van der Waals surface area contributed by atoms with Crippen LogP contribution in [-0.4, -0.2) is 50.2 Å². The highest BCUT2D eigenvalue weighted by Crippen LogP contribution is 2.32. The van der Waals surface area contributed by atoms with E-state index < -0.39 is 28.7 Å². The Balaban J connectivity index is 1.47. The number of carbonyl (C=O) groups excluding carboxylic acids is 2. The molecule has 1 saturated heterocycles. The first kappa shape index (κ1) is 25.4. The number of hydrogen-bond acceptors (Lipinski definition) is 5. The summed E-state index contributed by atoms with van der Waals surface area (Å²) in [4.78, 5) is 42.4. The lowest BCUT2D eigenvalue weighted by molar-refractivity contribution is 0.0203. The maximum Gasteiger partial charge on any atom is 0.410 e. The number of hydrogen-bond donors (Lipinski definition) is 2. The Morgan fingerprint density at radius 2 is 1.82 bits per heavy atom. The molecule has 0 bridgehead atoms. The Hall–Kier alpha value is -4.28. The average Bonchev–Trinajstić information content (AvgIpc) is 3.23. The Labute approximate surface area is 216 Å². The van der Waals surface area contributed by atoms with Crippen LogP contribution in [0, 0.1) is 11.6 Å². The summed E-state index contributed by atoms with van der Waals surface area (Å²) in [5.74, 6) is -3.25. The number of ether oxygens (including phenoxy) is 1. The van der Waals surface area contributed by atoms with Crippen molar-refractivity contribution >= 4 is 34.2 Å². The molecular weight excluding hydrogens is 496 g/mol. The zero-order valence-electron chi connectivity index (χ0n) is 21.2. The van der Waals surface area contributed by atoms with Crippen molar-refractivity contribution in [3.8, 4) is 0 Å². The van der Waals surface area contributed by atoms with Crippen molar-refractivity contribution in [1.82, 2.24) is 19.5 Å². The van der Waals surface area contributed by atoms with Gasteiger partial charge in [0.05, 0.1) is 27.8 Å². The molecule has 1 aliphatic heterocycles. The molecule has 0 atom stereocenters. The first-order valence-corrected chi connectivity index (χ1v) is 12.3. The van der Waals surface area contributed by atoms with Gasteiger partial charge in [0.2, 0.25) is 0 Å². The van der Waals surface area contributed by atoms with Crippen molar-refractivity contribution in [3.05, 3.63) is 75.7 Å². The van der Waals surface area contributed by atoms with Gasteiger partial charge in [-0.25, -0.2) is 18.1 Å². The van der Waals surface area contributed by atoms with E-state index >= 15 is 0 Å². The lowest BCUT2D eigenvalue weighted by atomic mass is 9.93. The molecule has 5 rings (SSSR count). The largest absolute Gasteiger partial charge is 0.444 e. The van der Waals surface area contributed by atoms with E-state index in [4.69, 9.17) is 4.74 Å². The van der Waals surface area contributed by atoms with Crippen molar-refractivity contribution < 1.29 is 23.1 Å². The molecule has 1 aliphatic rings. The van der Waals surface area contributed by atoms with Gasteiger partial charge in [-0.3, -0.25) is 9.59 Å². The Morgan fingerprint density at radius 1 is 1.11 bits per heavy atom. The number of likely N-dealkylation sites (tertiary alicyclic amines) is 1. The first-order chi connectivity index (χ1) is 18.0. The molecule has 0 unspecified atom stereocenters. The number of nitrogens with one attached hydrogen (secondary N) is 2. The third kappa shape index (κ3) is 4.83. The average molecular weight is 524 g/mol. The molecule has 38 heavy (non-hydrogen) atoms. The molecule has 4 aromatic rings. The third-order valence-electron chi connectivity index (χ3n) is 6.47. The summed E-state index contributed by atoms with van der Waals surface area (Å²) in [5, 5.41) is 7.75. The second-order valence-corrected chi connectivity index (χ2v) is 10.3. The SMILES string of the molecule is CC(C)(C)OC(=O)N1CCC(c2cc(=O)[nH]c3c4c(NC(=O)c5cccc(F)c5F)cccc4nn23)CC1. The monoisotopic (exact) mass is 523 g/mol. The van der Waals surface area contributed by atoms with Gasteiger partial charge in [0, 0.05) is 25.1 Å². The van der Waals surface area contributed by atoms with Crippen molar-refractivity contribution in [2.24, 2.45) is 0 Å². The molecule has 0 radical (unpaired) electrons. The van der Waals surface area contributed by atoms with Gasteiger partial charge in [0.1, 0.15) is 11.2 Å². The molecule has 3 heterocycles. The highest BCUT2D eigenvalue weighted by molar-refractivity contribution is 6.12. The van der Waals surface area contributed by atoms with Gasteiger partial charge in [-0.05, 0) is 57.9 Å². The normalized spacial score (nSPS) is 14.7. The lowest BCUT2D eigenvalue weighted by Crippen LogP contribution is -2.41. The van der Waals surface area contributed by atoms with E-state index in [1.807, 2.05) is 20.8 Å². The fourth-order valence-electron chi connectivity index (χ4n) is 4.73. The molecule has 0 aliphatic carbocycles. The number of halogens is 2. The van der Waals surface area contributed by atoms with Gasteiger partial charge in [0.15, 0.2) is 11.6 Å². The number of aromatic nitrogens is 3. The molecule has 198 valence electrons. The quantitative estimate of drug-likeness (QED) is 0.400. The minimum Gasteiger partial charge on any atom is -0.444 e. The number of fused-ring (bicyclic) bond motifs is 3. The molecule has 1 fully saturated rings. The van der Waals surface area contributed by atoms with E-state index in [-0.39, 0.29) is 17.6 Å². The van der Waals surface area contributed by atoms with Crippen LogP contribution in [0.15, 0.2) is 47.3 Å². The molecule has 2 aromatic heterocycles. The smallest absolute Gasteiger partial charge is 0.410 e. The molecule has 0 saturated carbocycles. The van der Waals surface area contributed by atoms with E-state index in [0.717, 1.165) is 6.07 Å². The van der Waals surface area contributed by atoms with Crippen LogP contribution >= 0.6 is 0 Å². The number of piperidine rings is 1. The summed E-state index contributed by atoms with van der Waals surface area (Å²) in [6.07, 6.45) is 0.847. The number of amides is 2. The van der Waals surface area contributed by atoms with Crippen molar-refractivity contribution in [2.75, 3.05) is 18.4 Å². The Morgan fingerprint density at radius 3 is 2.53 bits per heavy atom. The molecule has 2 aromatic carbocycles. The second-order valence-electron chi connectivity index (χ2n) is 10.3. The van der Waals surface area contributed by atoms with Crippen LogP contribution in [0.5, 0.6) is 0 Å². The van der Waals surface area contributed by atoms with Gasteiger partial charge in [0.25, 0.3) is 11.5 Å². The summed E-state index contributed by atoms with van der Waals surface area (Å²) in [6.45, 7) is 6.39. The third-order valence-corrected chi connectivity index (χ3v) is 6.47. The number of anilines is 1. The minimum atomic E-state index is -1.24. The first-order valence-electron chi connectivity index (χ1n) is 12.3. The van der Waals surface area contributed by atoms with Crippen LogP contribution in [0.25, 0.3) is 16.6 Å². The highest BCUT2D eigenvalue weighted by Gasteiger charge is 2.29. The zero-order valence-corrected chi connectivity index (χ0v) is 21.2. The van der Waals surface area contributed by atoms with Crippen molar-refractivity contribution in [3.63, 3.8) is 0 Å². The van der Waals surface area contributed by atoms with Gasteiger partial charge in [-0.15, -0.1) is 0 Å². The van der Waals surface area contributed by atoms with Crippen LogP contribution in [0.2, 0.25) is 0 Å². The predicted octanol–water partition coefficient (Wildman–Crippen LogP) is 4.82. The standard InChI is InChI=1S/C27H27F2N5O4/c1-27(2,3)38-26(37)33-12-10-15(11-13-33)20-14-21(35)31-24-22-18(8-5-9-19(22)32-34(20)24)30-25(36)16-6-4-7-17(28)23(16)29/h4-9,14-15H,10-13H2,1-3H3,(H,30,36)(H,31,35). The van der Waals surface area contributed by atoms with Crippen LogP contribution in [-0.2, 0) is 4.74 Å². The number of H-pyrrole nitrogens is 1. The van der Waals surface area contributed by atoms with E-state index in [2.05, 4.69) is 15.4 Å². The number of nitrogens with zero attached hydrogens (tertiary/aromatic N) is 3. The fourth-order valence-corrected chi connectivity index (χ4v) is 4.73. The summed E-state index contributed by atoms with van der Waals surface area (Å²) < 4.78 is 35.0. The summed E-state index contributed by atoms with van der Waals surface area (Å²) in [7, 11) is 0. The number of aromatic amines is 1. The maximum atomic E-state index is 14.2. The number of carbonyl (C=O) groups is 2. The van der Waals surface area contributed by atoms with Crippen LogP contribution in [0.3, 0.4) is 0 Å². The van der Waals surface area contributed by atoms with E-state index in [1.54, 1.807) is 27.6 Å². The topological polar surface area (TPSA) is 109 Å². The van der Waals surface area contributed by atoms with Crippen molar-refractivity contribution in [1.29, 1.82) is 0 Å². The van der Waals surface area contributed by atoms with Gasteiger partial charge in [-0.2, -0.15) is 5.10 Å². The number of benzene rings is 2. The molecular formula is C27H27F2N5O4. The Bertz CT molecular complexity index is 1610. The Kier molecular flexibility index (Phi) is 6.38. The van der Waals surface area contributed by atoms with Crippen LogP contribution in [0.4, 0.5) is 19.3 Å². The summed E-state index contributed by atoms with van der Waals surface area (Å²) in [6, 6.07) is 9.87. The highest BCUT2D eigenvalue weighted by atomic mass is 19.2. The summed E-state index contributed by atoms with van der Waals surface area (Å²) in [5.41, 5.74) is 0.459. The van der Waals surface area contributed by atoms with Crippen LogP contribution < -0.4 is 10.9 Å². The maximum absolute atomic E-state index is 14.2. The number of rotatable bonds is 3. The molecule has 0 spiro atoms. The molecule has 11 heteroatoms. The van der Waals surface area contributed by atoms with Crippen LogP contribution in [0.1, 0.15) is 55.6 Å². The van der Waals surface area contributed by atoms with Gasteiger partial charge < -0.3 is 19.9 Å². The molecule has 2 amide bonds. The van der Waals surface area contributed by atoms with Gasteiger partial charge in [-0.1, -0.05) is 12.1 Å². The zero-order chi connectivity index (χ0) is 27.2. The summed E-state index contributed by atoms with van der Waals surface area (Å²) >= 11 is 0. The molecule has 9 nitrogen and oxygen atoms in total. The van der Waals surface area contributed by atoms with E-state index in [1.165, 1.54) is 18.2 Å². The van der Waals surface area contributed by atoms with Gasteiger partial charge >= 0.3 is 6.09 Å². The minimum absolute atomic E-state index is 0.0489. The van der Waals surface area contributed by atoms with E-state index in [9.17, 15) is 23.2 Å². The second kappa shape index (κ2) is 9.55. The van der Waals surface area contributed by atoms with E-state index in [0.29, 0.717) is 53.9 Å². The predicted molar refractivity (Wildman–Crippen MR) is 137 cm³/mol. The molecule has 2 N–H and O–H groups in total. The van der Waals surface area contributed by atoms with Crippen molar-refractivity contribution in [2.45, 2.75) is 45.1 Å². The lowest BCUT2D eigenvalue weighted by Gasteiger charge is -2.33. The fraction of sp³-hybridized carbons (Fsp3) is 0.333.